The second kappa shape index (κ2) is 4.48. The van der Waals surface area contributed by atoms with E-state index in [0.717, 1.165) is 10.8 Å². The zero-order valence-electron chi connectivity index (χ0n) is 8.95. The summed E-state index contributed by atoms with van der Waals surface area (Å²) in [7, 11) is 0. The minimum atomic E-state index is -1.60. The quantitative estimate of drug-likeness (QED) is 0.700. The lowest BCUT2D eigenvalue weighted by Crippen LogP contribution is -2.33. The minimum absolute atomic E-state index is 0.440. The molecule has 1 amide bonds. The molecule has 17 heavy (non-hydrogen) atoms. The van der Waals surface area contributed by atoms with Crippen molar-refractivity contribution in [3.63, 3.8) is 0 Å². The van der Waals surface area contributed by atoms with E-state index in [9.17, 15) is 15.0 Å². The fraction of sp³-hybridized carbons (Fsp3) is 0.167. The van der Waals surface area contributed by atoms with Crippen molar-refractivity contribution in [3.8, 4) is 0 Å². The van der Waals surface area contributed by atoms with E-state index in [1.54, 1.807) is 36.7 Å². The van der Waals surface area contributed by atoms with Gasteiger partial charge in [-0.05, 0) is 23.1 Å². The summed E-state index contributed by atoms with van der Waals surface area (Å²) < 4.78 is 0. The standard InChI is InChI=1S/C12H12N2O3/c13-12(17)11(16)10(15)8-1-2-9-6-14-4-3-7(9)5-8/h1-6,10-11,15-16H,(H2,13,17). The lowest BCUT2D eigenvalue weighted by atomic mass is 10.0. The molecule has 0 aliphatic heterocycles. The number of pyridine rings is 1. The number of nitrogens with zero attached hydrogens (tertiary/aromatic N) is 1. The second-order valence-electron chi connectivity index (χ2n) is 3.77. The molecule has 5 nitrogen and oxygen atoms in total. The average Bonchev–Trinajstić information content (AvgIpc) is 2.36. The van der Waals surface area contributed by atoms with E-state index < -0.39 is 18.1 Å². The predicted molar refractivity (Wildman–Crippen MR) is 61.9 cm³/mol. The summed E-state index contributed by atoms with van der Waals surface area (Å²) in [5.74, 6) is -0.952. The maximum atomic E-state index is 10.8. The highest BCUT2D eigenvalue weighted by Gasteiger charge is 2.23. The maximum Gasteiger partial charge on any atom is 0.249 e. The van der Waals surface area contributed by atoms with Crippen LogP contribution in [-0.2, 0) is 4.79 Å². The van der Waals surface area contributed by atoms with Crippen molar-refractivity contribution in [2.45, 2.75) is 12.2 Å². The van der Waals surface area contributed by atoms with Crippen LogP contribution in [-0.4, -0.2) is 27.2 Å². The number of carbonyl (C=O) groups is 1. The molecule has 1 heterocycles. The number of aliphatic hydroxyl groups is 2. The van der Waals surface area contributed by atoms with E-state index >= 15 is 0 Å². The highest BCUT2D eigenvalue weighted by atomic mass is 16.3. The molecule has 0 bridgehead atoms. The van der Waals surface area contributed by atoms with Gasteiger partial charge in [0.15, 0.2) is 6.10 Å². The average molecular weight is 232 g/mol. The molecule has 2 unspecified atom stereocenters. The summed E-state index contributed by atoms with van der Waals surface area (Å²) in [6.45, 7) is 0. The predicted octanol–water partition coefficient (Wildman–Crippen LogP) is 0.114. The molecule has 5 heteroatoms. The summed E-state index contributed by atoms with van der Waals surface area (Å²) in [5, 5.41) is 20.9. The highest BCUT2D eigenvalue weighted by Crippen LogP contribution is 2.21. The van der Waals surface area contributed by atoms with E-state index in [-0.39, 0.29) is 0 Å². The number of benzene rings is 1. The van der Waals surface area contributed by atoms with E-state index in [4.69, 9.17) is 5.73 Å². The Hall–Kier alpha value is -1.98. The Morgan fingerprint density at radius 1 is 1.24 bits per heavy atom. The molecule has 1 aromatic carbocycles. The molecule has 0 fully saturated rings. The molecule has 2 rings (SSSR count). The van der Waals surface area contributed by atoms with Gasteiger partial charge in [0.25, 0.3) is 0 Å². The van der Waals surface area contributed by atoms with Gasteiger partial charge in [-0.1, -0.05) is 12.1 Å². The number of hydrogen-bond acceptors (Lipinski definition) is 4. The van der Waals surface area contributed by atoms with E-state index in [1.807, 2.05) is 0 Å². The Kier molecular flexibility index (Phi) is 3.03. The molecule has 0 aliphatic rings. The first-order chi connectivity index (χ1) is 8.09. The van der Waals surface area contributed by atoms with Crippen molar-refractivity contribution in [1.29, 1.82) is 0 Å². The topological polar surface area (TPSA) is 96.4 Å². The molecule has 2 aromatic rings. The van der Waals surface area contributed by atoms with Gasteiger partial charge in [-0.15, -0.1) is 0 Å². The molecule has 4 N–H and O–H groups in total. The molecule has 0 radical (unpaired) electrons. The highest BCUT2D eigenvalue weighted by molar-refractivity contribution is 5.83. The lowest BCUT2D eigenvalue weighted by molar-refractivity contribution is -0.131. The molecule has 2 atom stereocenters. The van der Waals surface area contributed by atoms with Crippen LogP contribution < -0.4 is 5.73 Å². The van der Waals surface area contributed by atoms with Crippen molar-refractivity contribution >= 4 is 16.7 Å². The number of fused-ring (bicyclic) bond motifs is 1. The molecule has 0 saturated carbocycles. The smallest absolute Gasteiger partial charge is 0.249 e. The molecular formula is C12H12N2O3. The fourth-order valence-corrected chi connectivity index (χ4v) is 1.62. The van der Waals surface area contributed by atoms with Crippen LogP contribution in [0.1, 0.15) is 11.7 Å². The first-order valence-electron chi connectivity index (χ1n) is 5.08. The van der Waals surface area contributed by atoms with Crippen LogP contribution >= 0.6 is 0 Å². The van der Waals surface area contributed by atoms with Gasteiger partial charge in [0.2, 0.25) is 5.91 Å². The van der Waals surface area contributed by atoms with Crippen LogP contribution in [0.2, 0.25) is 0 Å². The van der Waals surface area contributed by atoms with Crippen LogP contribution in [0.4, 0.5) is 0 Å². The Labute approximate surface area is 97.5 Å². The number of primary amides is 1. The Bertz CT molecular complexity index is 556. The first kappa shape index (κ1) is 11.5. The van der Waals surface area contributed by atoms with Gasteiger partial charge in [-0.25, -0.2) is 0 Å². The summed E-state index contributed by atoms with van der Waals surface area (Å²) in [6, 6.07) is 6.85. The molecule has 0 spiro atoms. The monoisotopic (exact) mass is 232 g/mol. The van der Waals surface area contributed by atoms with Gasteiger partial charge in [0.1, 0.15) is 6.10 Å². The molecule has 88 valence electrons. The number of aromatic nitrogens is 1. The van der Waals surface area contributed by atoms with E-state index in [1.165, 1.54) is 0 Å². The number of hydrogen-bond donors (Lipinski definition) is 3. The van der Waals surface area contributed by atoms with Crippen LogP contribution in [0, 0.1) is 0 Å². The molecule has 1 aromatic heterocycles. The lowest BCUT2D eigenvalue weighted by Gasteiger charge is -2.15. The summed E-state index contributed by atoms with van der Waals surface area (Å²) in [5.41, 5.74) is 5.37. The van der Waals surface area contributed by atoms with Crippen LogP contribution in [0.3, 0.4) is 0 Å². The van der Waals surface area contributed by atoms with Crippen LogP contribution in [0.5, 0.6) is 0 Å². The second-order valence-corrected chi connectivity index (χ2v) is 3.77. The van der Waals surface area contributed by atoms with Crippen molar-refractivity contribution in [1.82, 2.24) is 4.98 Å². The third-order valence-corrected chi connectivity index (χ3v) is 2.60. The van der Waals surface area contributed by atoms with Crippen molar-refractivity contribution in [3.05, 3.63) is 42.2 Å². The summed E-state index contributed by atoms with van der Waals surface area (Å²) >= 11 is 0. The van der Waals surface area contributed by atoms with Crippen molar-refractivity contribution in [2.75, 3.05) is 0 Å². The van der Waals surface area contributed by atoms with Gasteiger partial charge < -0.3 is 15.9 Å². The zero-order valence-corrected chi connectivity index (χ0v) is 8.95. The Morgan fingerprint density at radius 2 is 2.00 bits per heavy atom. The largest absolute Gasteiger partial charge is 0.385 e. The van der Waals surface area contributed by atoms with Crippen LogP contribution in [0.15, 0.2) is 36.7 Å². The fourth-order valence-electron chi connectivity index (χ4n) is 1.62. The SMILES string of the molecule is NC(=O)C(O)C(O)c1ccc2cnccc2c1. The summed E-state index contributed by atoms with van der Waals surface area (Å²) in [6.07, 6.45) is 0.401. The van der Waals surface area contributed by atoms with E-state index in [0.29, 0.717) is 5.56 Å². The van der Waals surface area contributed by atoms with Crippen LogP contribution in [0.25, 0.3) is 10.8 Å². The molecular weight excluding hydrogens is 220 g/mol. The normalized spacial score (nSPS) is 14.5. The summed E-state index contributed by atoms with van der Waals surface area (Å²) in [4.78, 5) is 14.7. The zero-order chi connectivity index (χ0) is 12.4. The van der Waals surface area contributed by atoms with Gasteiger partial charge in [-0.3, -0.25) is 9.78 Å². The molecule has 0 saturated heterocycles. The van der Waals surface area contributed by atoms with Gasteiger partial charge in [0, 0.05) is 17.8 Å². The Balaban J connectivity index is 2.39. The third kappa shape index (κ3) is 2.25. The number of rotatable bonds is 3. The Morgan fingerprint density at radius 3 is 2.71 bits per heavy atom. The van der Waals surface area contributed by atoms with E-state index in [2.05, 4.69) is 4.98 Å². The number of aliphatic hydroxyl groups excluding tert-OH is 2. The number of carbonyl (C=O) groups excluding carboxylic acids is 1. The van der Waals surface area contributed by atoms with Gasteiger partial charge >= 0.3 is 0 Å². The molecule has 0 aliphatic carbocycles. The van der Waals surface area contributed by atoms with Gasteiger partial charge in [0.05, 0.1) is 0 Å². The van der Waals surface area contributed by atoms with Gasteiger partial charge in [-0.2, -0.15) is 0 Å². The van der Waals surface area contributed by atoms with Crippen molar-refractivity contribution < 1.29 is 15.0 Å². The minimum Gasteiger partial charge on any atom is -0.385 e. The van der Waals surface area contributed by atoms with Crippen molar-refractivity contribution in [2.24, 2.45) is 5.73 Å². The first-order valence-corrected chi connectivity index (χ1v) is 5.08. The third-order valence-electron chi connectivity index (χ3n) is 2.60. The number of nitrogens with two attached hydrogens (primary N) is 1. The maximum absolute atomic E-state index is 10.8. The number of amides is 1.